The van der Waals surface area contributed by atoms with E-state index in [2.05, 4.69) is 15.0 Å². The summed E-state index contributed by atoms with van der Waals surface area (Å²) in [4.78, 5) is 13.0. The molecule has 2 aliphatic heterocycles. The van der Waals surface area contributed by atoms with E-state index in [4.69, 9.17) is 9.47 Å². The highest BCUT2D eigenvalue weighted by molar-refractivity contribution is 5.83. The van der Waals surface area contributed by atoms with Gasteiger partial charge in [-0.15, -0.1) is 0 Å². The zero-order chi connectivity index (χ0) is 23.4. The Balaban J connectivity index is 1.42. The van der Waals surface area contributed by atoms with Gasteiger partial charge in [0.1, 0.15) is 11.6 Å². The van der Waals surface area contributed by atoms with Crippen LogP contribution in [0.25, 0.3) is 22.2 Å². The zero-order valence-electron chi connectivity index (χ0n) is 17.7. The molecule has 0 saturated carbocycles. The molecule has 1 fully saturated rings. The van der Waals surface area contributed by atoms with E-state index < -0.39 is 24.4 Å². The van der Waals surface area contributed by atoms with Gasteiger partial charge in [-0.2, -0.15) is 8.78 Å². The van der Waals surface area contributed by atoms with Crippen molar-refractivity contribution in [3.05, 3.63) is 72.1 Å². The number of rotatable bonds is 5. The third-order valence-corrected chi connectivity index (χ3v) is 6.32. The second kappa shape index (κ2) is 7.78. The van der Waals surface area contributed by atoms with Gasteiger partial charge in [-0.3, -0.25) is 0 Å². The largest absolute Gasteiger partial charge is 0.434 e. The maximum Gasteiger partial charge on any atom is 0.387 e. The Morgan fingerprint density at radius 2 is 1.85 bits per heavy atom. The van der Waals surface area contributed by atoms with Crippen molar-refractivity contribution in [2.45, 2.75) is 30.8 Å². The summed E-state index contributed by atoms with van der Waals surface area (Å²) in [5.41, 5.74) is 2.05. The van der Waals surface area contributed by atoms with E-state index in [1.807, 2.05) is 12.1 Å². The lowest BCUT2D eigenvalue weighted by Gasteiger charge is -2.34. The Morgan fingerprint density at radius 1 is 1.09 bits per heavy atom. The molecule has 7 nitrogen and oxygen atoms in total. The molecule has 0 spiro atoms. The van der Waals surface area contributed by atoms with Crippen LogP contribution in [0.3, 0.4) is 0 Å². The molecule has 34 heavy (non-hydrogen) atoms. The van der Waals surface area contributed by atoms with Crippen LogP contribution in [-0.4, -0.2) is 44.5 Å². The summed E-state index contributed by atoms with van der Waals surface area (Å²) < 4.78 is 52.4. The number of nitrogens with zero attached hydrogens (tertiary/aromatic N) is 4. The molecule has 10 heteroatoms. The average molecular weight is 468 g/mol. The van der Waals surface area contributed by atoms with Gasteiger partial charge in [-0.05, 0) is 23.8 Å². The molecule has 2 aliphatic rings. The molecule has 0 aliphatic carbocycles. The Bertz CT molecular complexity index is 1370. The van der Waals surface area contributed by atoms with Crippen LogP contribution in [0, 0.1) is 0 Å². The Hall–Kier alpha value is -3.50. The predicted octanol–water partition coefficient (Wildman–Crippen LogP) is 4.32. The maximum atomic E-state index is 15.0. The number of aliphatic hydroxyl groups is 1. The minimum absolute atomic E-state index is 0.0162. The number of hydrogen-bond acceptors (Lipinski definition) is 6. The van der Waals surface area contributed by atoms with E-state index >= 15 is 0 Å². The van der Waals surface area contributed by atoms with Gasteiger partial charge in [0, 0.05) is 29.9 Å². The fourth-order valence-corrected chi connectivity index (χ4v) is 4.61. The number of alkyl halides is 3. The second-order valence-electron chi connectivity index (χ2n) is 8.50. The van der Waals surface area contributed by atoms with Gasteiger partial charge in [0.2, 0.25) is 0 Å². The summed E-state index contributed by atoms with van der Waals surface area (Å²) in [6, 6.07) is 11.4. The molecule has 1 saturated heterocycles. The van der Waals surface area contributed by atoms with Gasteiger partial charge in [-0.1, -0.05) is 24.3 Å². The Morgan fingerprint density at radius 3 is 2.56 bits per heavy atom. The number of aromatic nitrogens is 4. The van der Waals surface area contributed by atoms with Crippen LogP contribution in [0.15, 0.2) is 54.9 Å². The zero-order valence-corrected chi connectivity index (χ0v) is 17.7. The molecule has 0 bridgehead atoms. The molecule has 2 unspecified atom stereocenters. The molecule has 6 rings (SSSR count). The van der Waals surface area contributed by atoms with Crippen molar-refractivity contribution in [1.29, 1.82) is 0 Å². The highest BCUT2D eigenvalue weighted by Crippen LogP contribution is 2.46. The van der Waals surface area contributed by atoms with Gasteiger partial charge in [0.05, 0.1) is 30.3 Å². The molecule has 1 N–H and O–H groups in total. The summed E-state index contributed by atoms with van der Waals surface area (Å²) in [6.07, 6.45) is 1.96. The molecular formula is C24H19F3N4O3. The van der Waals surface area contributed by atoms with Gasteiger partial charge < -0.3 is 19.1 Å². The summed E-state index contributed by atoms with van der Waals surface area (Å²) >= 11 is 0. The number of fused-ring (bicyclic) bond motifs is 3. The van der Waals surface area contributed by atoms with Gasteiger partial charge in [-0.25, -0.2) is 19.3 Å². The van der Waals surface area contributed by atoms with Crippen molar-refractivity contribution in [1.82, 2.24) is 19.5 Å². The molecule has 4 aromatic rings. The van der Waals surface area contributed by atoms with Crippen molar-refractivity contribution in [3.8, 4) is 16.9 Å². The van der Waals surface area contributed by atoms with E-state index in [1.165, 1.54) is 6.07 Å². The van der Waals surface area contributed by atoms with Gasteiger partial charge in [0.25, 0.3) is 0 Å². The number of para-hydroxylation sites is 1. The fraction of sp³-hybridized carbons (Fsp3) is 0.292. The van der Waals surface area contributed by atoms with Crippen molar-refractivity contribution >= 4 is 11.0 Å². The third-order valence-electron chi connectivity index (χ3n) is 6.32. The van der Waals surface area contributed by atoms with Crippen molar-refractivity contribution in [3.63, 3.8) is 0 Å². The highest BCUT2D eigenvalue weighted by Gasteiger charge is 2.41. The van der Waals surface area contributed by atoms with Crippen LogP contribution in [0.1, 0.15) is 35.8 Å². The standard InChI is InChI=1S/C24H19F3N4O3/c25-16-8-18(15-3-1-2-4-20(15)34-23(26)27)31-19-7-13(5-6-17(19)30-21(16)31)14-9-28-22(29-10-14)24(32)11-33-12-24/h1-7,9-10,16,18,23,32H,8,11-12H2. The van der Waals surface area contributed by atoms with Crippen LogP contribution in [-0.2, 0) is 10.3 Å². The topological polar surface area (TPSA) is 82.3 Å². The first-order valence-electron chi connectivity index (χ1n) is 10.8. The van der Waals surface area contributed by atoms with Crippen LogP contribution >= 0.6 is 0 Å². The first-order chi connectivity index (χ1) is 16.4. The Labute approximate surface area is 191 Å². The molecule has 0 amide bonds. The lowest BCUT2D eigenvalue weighted by molar-refractivity contribution is -0.189. The fourth-order valence-electron chi connectivity index (χ4n) is 4.61. The van der Waals surface area contributed by atoms with Crippen LogP contribution < -0.4 is 4.74 Å². The molecule has 2 aromatic carbocycles. The maximum absolute atomic E-state index is 15.0. The monoisotopic (exact) mass is 468 g/mol. The van der Waals surface area contributed by atoms with Crippen molar-refractivity contribution in [2.24, 2.45) is 0 Å². The van der Waals surface area contributed by atoms with Crippen molar-refractivity contribution in [2.75, 3.05) is 13.2 Å². The normalized spacial score (nSPS) is 21.0. The van der Waals surface area contributed by atoms with E-state index in [1.54, 1.807) is 41.2 Å². The van der Waals surface area contributed by atoms with E-state index in [9.17, 15) is 18.3 Å². The summed E-state index contributed by atoms with van der Waals surface area (Å²) in [5.74, 6) is 0.565. The van der Waals surface area contributed by atoms with E-state index in [-0.39, 0.29) is 31.2 Å². The number of ether oxygens (including phenoxy) is 2. The molecule has 4 heterocycles. The molecule has 0 radical (unpaired) electrons. The number of halogens is 3. The SMILES string of the molecule is OC1(c2ncc(-c3ccc4nc5n(c4c3)C(c3ccccc3OC(F)F)CC5F)cn2)COC1. The lowest BCUT2D eigenvalue weighted by Crippen LogP contribution is -2.47. The quantitative estimate of drug-likeness (QED) is 0.470. The summed E-state index contributed by atoms with van der Waals surface area (Å²) in [7, 11) is 0. The number of benzene rings is 2. The third kappa shape index (κ3) is 3.33. The first kappa shape index (κ1) is 21.1. The Kier molecular flexibility index (Phi) is 4.82. The lowest BCUT2D eigenvalue weighted by atomic mass is 10.0. The molecule has 174 valence electrons. The van der Waals surface area contributed by atoms with Crippen molar-refractivity contribution < 1.29 is 27.8 Å². The molecule has 2 atom stereocenters. The summed E-state index contributed by atoms with van der Waals surface area (Å²) in [5, 5.41) is 10.3. The van der Waals surface area contributed by atoms with E-state index in [0.29, 0.717) is 28.0 Å². The van der Waals surface area contributed by atoms with Crippen LogP contribution in [0.4, 0.5) is 13.2 Å². The van der Waals surface area contributed by atoms with Gasteiger partial charge in [0.15, 0.2) is 17.6 Å². The minimum atomic E-state index is -2.98. The average Bonchev–Trinajstić information content (AvgIpc) is 3.35. The molecular weight excluding hydrogens is 449 g/mol. The summed E-state index contributed by atoms with van der Waals surface area (Å²) in [6.45, 7) is -2.67. The highest BCUT2D eigenvalue weighted by atomic mass is 19.3. The smallest absolute Gasteiger partial charge is 0.387 e. The number of imidazole rings is 1. The first-order valence-corrected chi connectivity index (χ1v) is 10.8. The number of hydrogen-bond donors (Lipinski definition) is 1. The van der Waals surface area contributed by atoms with Gasteiger partial charge >= 0.3 is 6.61 Å². The van der Waals surface area contributed by atoms with E-state index in [0.717, 1.165) is 5.56 Å². The predicted molar refractivity (Wildman–Crippen MR) is 115 cm³/mol. The molecule has 2 aromatic heterocycles. The second-order valence-corrected chi connectivity index (χ2v) is 8.50. The van der Waals surface area contributed by atoms with Crippen LogP contribution in [0.5, 0.6) is 5.75 Å². The minimum Gasteiger partial charge on any atom is -0.434 e. The van der Waals surface area contributed by atoms with Crippen LogP contribution in [0.2, 0.25) is 0 Å².